The van der Waals surface area contributed by atoms with E-state index in [1.807, 2.05) is 29.6 Å². The molecule has 0 aliphatic carbocycles. The average Bonchev–Trinajstić information content (AvgIpc) is 3.14. The molecular formula is C22H18N2O3S2. The van der Waals surface area contributed by atoms with Gasteiger partial charge in [-0.1, -0.05) is 54.6 Å². The summed E-state index contributed by atoms with van der Waals surface area (Å²) in [6.07, 6.45) is 1.17. The molecule has 0 bridgehead atoms. The number of hydrogen-bond acceptors (Lipinski definition) is 5. The lowest BCUT2D eigenvalue weighted by Gasteiger charge is -2.05. The van der Waals surface area contributed by atoms with Crippen molar-refractivity contribution in [2.24, 2.45) is 0 Å². The highest BCUT2D eigenvalue weighted by atomic mass is 32.2. The standard InChI is InChI=1S/C22H18N2O3S2/c1-29(26,27)14-15-6-4-9-17(12-15)21(25)24-22-23-20(13-28-22)19-11-5-8-16-7-2-3-10-18(16)19/h2-13H,14H2,1H3,(H,23,24,25). The molecule has 4 aromatic rings. The maximum Gasteiger partial charge on any atom is 0.257 e. The van der Waals surface area contributed by atoms with Crippen molar-refractivity contribution >= 4 is 43.0 Å². The number of rotatable bonds is 5. The summed E-state index contributed by atoms with van der Waals surface area (Å²) in [4.78, 5) is 17.2. The number of nitrogens with zero attached hydrogens (tertiary/aromatic N) is 1. The summed E-state index contributed by atoms with van der Waals surface area (Å²) in [6, 6.07) is 20.8. The van der Waals surface area contributed by atoms with Crippen LogP contribution in [0.5, 0.6) is 0 Å². The van der Waals surface area contributed by atoms with Gasteiger partial charge in [0.2, 0.25) is 0 Å². The summed E-state index contributed by atoms with van der Waals surface area (Å²) in [6.45, 7) is 0. The number of anilines is 1. The predicted molar refractivity (Wildman–Crippen MR) is 118 cm³/mol. The lowest BCUT2D eigenvalue weighted by Crippen LogP contribution is -2.12. The summed E-state index contributed by atoms with van der Waals surface area (Å²) in [5.41, 5.74) is 2.78. The third-order valence-electron chi connectivity index (χ3n) is 4.41. The largest absolute Gasteiger partial charge is 0.298 e. The van der Waals surface area contributed by atoms with Crippen molar-refractivity contribution in [3.63, 3.8) is 0 Å². The minimum atomic E-state index is -3.17. The van der Waals surface area contributed by atoms with Crippen molar-refractivity contribution in [1.82, 2.24) is 4.98 Å². The fourth-order valence-electron chi connectivity index (χ4n) is 3.18. The van der Waals surface area contributed by atoms with Crippen LogP contribution in [0.1, 0.15) is 15.9 Å². The van der Waals surface area contributed by atoms with Gasteiger partial charge in [-0.3, -0.25) is 10.1 Å². The molecule has 1 amide bonds. The summed E-state index contributed by atoms with van der Waals surface area (Å²) < 4.78 is 23.0. The molecular weight excluding hydrogens is 404 g/mol. The molecule has 0 spiro atoms. The molecule has 4 rings (SSSR count). The molecule has 1 heterocycles. The van der Waals surface area contributed by atoms with Crippen LogP contribution in [0.2, 0.25) is 0 Å². The van der Waals surface area contributed by atoms with Gasteiger partial charge in [0.1, 0.15) is 0 Å². The van der Waals surface area contributed by atoms with Gasteiger partial charge in [-0.05, 0) is 28.5 Å². The van der Waals surface area contributed by atoms with Crippen molar-refractivity contribution in [3.8, 4) is 11.3 Å². The number of amides is 1. The first-order valence-corrected chi connectivity index (χ1v) is 11.8. The van der Waals surface area contributed by atoms with Gasteiger partial charge in [-0.25, -0.2) is 13.4 Å². The number of fused-ring (bicyclic) bond motifs is 1. The Morgan fingerprint density at radius 3 is 2.62 bits per heavy atom. The van der Waals surface area contributed by atoms with Crippen molar-refractivity contribution in [3.05, 3.63) is 83.2 Å². The summed E-state index contributed by atoms with van der Waals surface area (Å²) >= 11 is 1.35. The Hall–Kier alpha value is -3.03. The van der Waals surface area contributed by atoms with Crippen LogP contribution in [0.4, 0.5) is 5.13 Å². The van der Waals surface area contributed by atoms with Crippen molar-refractivity contribution in [1.29, 1.82) is 0 Å². The maximum atomic E-state index is 12.6. The highest BCUT2D eigenvalue weighted by molar-refractivity contribution is 7.89. The highest BCUT2D eigenvalue weighted by Crippen LogP contribution is 2.31. The number of sulfone groups is 1. The Morgan fingerprint density at radius 1 is 1.03 bits per heavy atom. The molecule has 1 N–H and O–H groups in total. The van der Waals surface area contributed by atoms with E-state index in [1.54, 1.807) is 24.3 Å². The Morgan fingerprint density at radius 2 is 1.79 bits per heavy atom. The van der Waals surface area contributed by atoms with Gasteiger partial charge < -0.3 is 0 Å². The van der Waals surface area contributed by atoms with Crippen LogP contribution in [0.3, 0.4) is 0 Å². The van der Waals surface area contributed by atoms with Gasteiger partial charge in [0.15, 0.2) is 15.0 Å². The molecule has 0 fully saturated rings. The predicted octanol–water partition coefficient (Wildman–Crippen LogP) is 4.76. The van der Waals surface area contributed by atoms with Gasteiger partial charge in [0.05, 0.1) is 11.4 Å². The Labute approximate surface area is 173 Å². The molecule has 0 aliphatic rings. The molecule has 1 aromatic heterocycles. The second kappa shape index (κ2) is 7.77. The van der Waals surface area contributed by atoms with E-state index in [0.717, 1.165) is 22.0 Å². The van der Waals surface area contributed by atoms with Crippen LogP contribution in [-0.4, -0.2) is 25.6 Å². The Balaban J connectivity index is 1.57. The third kappa shape index (κ3) is 4.52. The number of aromatic nitrogens is 1. The number of benzene rings is 3. The van der Waals surface area contributed by atoms with Crippen LogP contribution >= 0.6 is 11.3 Å². The lowest BCUT2D eigenvalue weighted by atomic mass is 10.0. The first-order chi connectivity index (χ1) is 13.9. The molecule has 146 valence electrons. The SMILES string of the molecule is CS(=O)(=O)Cc1cccc(C(=O)Nc2nc(-c3cccc4ccccc34)cs2)c1. The molecule has 5 nitrogen and oxygen atoms in total. The van der Waals surface area contributed by atoms with E-state index in [0.29, 0.717) is 16.3 Å². The van der Waals surface area contributed by atoms with E-state index in [1.165, 1.54) is 17.6 Å². The zero-order valence-electron chi connectivity index (χ0n) is 15.6. The Bertz CT molecular complexity index is 1310. The molecule has 3 aromatic carbocycles. The summed E-state index contributed by atoms with van der Waals surface area (Å²) in [7, 11) is -3.17. The summed E-state index contributed by atoms with van der Waals surface area (Å²) in [5, 5.41) is 7.45. The van der Waals surface area contributed by atoms with Gasteiger partial charge in [-0.2, -0.15) is 0 Å². The van der Waals surface area contributed by atoms with Gasteiger partial charge in [-0.15, -0.1) is 11.3 Å². The second-order valence-electron chi connectivity index (χ2n) is 6.79. The van der Waals surface area contributed by atoms with Gasteiger partial charge in [0, 0.05) is 22.8 Å². The lowest BCUT2D eigenvalue weighted by molar-refractivity contribution is 0.102. The van der Waals surface area contributed by atoms with E-state index < -0.39 is 9.84 Å². The maximum absolute atomic E-state index is 12.6. The number of nitrogens with one attached hydrogen (secondary N) is 1. The fraction of sp³-hybridized carbons (Fsp3) is 0.0909. The summed E-state index contributed by atoms with van der Waals surface area (Å²) in [5.74, 6) is -0.421. The zero-order valence-corrected chi connectivity index (χ0v) is 17.3. The van der Waals surface area contributed by atoms with Crippen molar-refractivity contribution < 1.29 is 13.2 Å². The van der Waals surface area contributed by atoms with Crippen LogP contribution in [0.25, 0.3) is 22.0 Å². The number of carbonyl (C=O) groups is 1. The van der Waals surface area contributed by atoms with E-state index in [4.69, 9.17) is 0 Å². The monoisotopic (exact) mass is 422 g/mol. The molecule has 0 unspecified atom stereocenters. The van der Waals surface area contributed by atoms with Crippen LogP contribution < -0.4 is 5.32 Å². The molecule has 29 heavy (non-hydrogen) atoms. The first kappa shape index (κ1) is 19.3. The van der Waals surface area contributed by atoms with E-state index in [2.05, 4.69) is 28.5 Å². The quantitative estimate of drug-likeness (QED) is 0.503. The average molecular weight is 423 g/mol. The van der Waals surface area contributed by atoms with Crippen LogP contribution in [0, 0.1) is 0 Å². The van der Waals surface area contributed by atoms with Crippen LogP contribution in [0.15, 0.2) is 72.1 Å². The minimum Gasteiger partial charge on any atom is -0.298 e. The third-order valence-corrected chi connectivity index (χ3v) is 6.02. The van der Waals surface area contributed by atoms with Gasteiger partial charge >= 0.3 is 0 Å². The number of hydrogen-bond donors (Lipinski definition) is 1. The molecule has 0 aliphatic heterocycles. The van der Waals surface area contributed by atoms with E-state index in [9.17, 15) is 13.2 Å². The van der Waals surface area contributed by atoms with E-state index >= 15 is 0 Å². The van der Waals surface area contributed by atoms with Crippen LogP contribution in [-0.2, 0) is 15.6 Å². The van der Waals surface area contributed by atoms with Crippen molar-refractivity contribution in [2.75, 3.05) is 11.6 Å². The topological polar surface area (TPSA) is 76.1 Å². The first-order valence-electron chi connectivity index (χ1n) is 8.91. The van der Waals surface area contributed by atoms with Crippen molar-refractivity contribution in [2.45, 2.75) is 5.75 Å². The molecule has 7 heteroatoms. The Kier molecular flexibility index (Phi) is 5.17. The molecule has 0 saturated heterocycles. The minimum absolute atomic E-state index is 0.101. The fourth-order valence-corrected chi connectivity index (χ4v) is 4.67. The highest BCUT2D eigenvalue weighted by Gasteiger charge is 2.13. The molecule has 0 atom stereocenters. The number of thiazole rings is 1. The second-order valence-corrected chi connectivity index (χ2v) is 9.79. The number of carbonyl (C=O) groups excluding carboxylic acids is 1. The van der Waals surface area contributed by atoms with Gasteiger partial charge in [0.25, 0.3) is 5.91 Å². The normalized spacial score (nSPS) is 11.5. The zero-order chi connectivity index (χ0) is 20.4. The smallest absolute Gasteiger partial charge is 0.257 e. The molecule has 0 saturated carbocycles. The van der Waals surface area contributed by atoms with E-state index in [-0.39, 0.29) is 11.7 Å². The molecule has 0 radical (unpaired) electrons.